The van der Waals surface area contributed by atoms with Gasteiger partial charge in [-0.15, -0.1) is 0 Å². The third kappa shape index (κ3) is 2.84. The van der Waals surface area contributed by atoms with Gasteiger partial charge in [0.25, 0.3) is 6.43 Å². The first-order chi connectivity index (χ1) is 6.50. The predicted octanol–water partition coefficient (Wildman–Crippen LogP) is 4.10. The first-order valence-corrected chi connectivity index (χ1v) is 4.72. The summed E-state index contributed by atoms with van der Waals surface area (Å²) >= 11 is 5.62. The van der Waals surface area contributed by atoms with Gasteiger partial charge in [-0.3, -0.25) is 0 Å². The van der Waals surface area contributed by atoms with Crippen LogP contribution >= 0.6 is 11.6 Å². The van der Waals surface area contributed by atoms with E-state index in [1.54, 1.807) is 6.07 Å². The minimum atomic E-state index is -2.53. The van der Waals surface area contributed by atoms with E-state index in [0.29, 0.717) is 5.69 Å². The van der Waals surface area contributed by atoms with Crippen molar-refractivity contribution in [3.8, 4) is 0 Å². The minimum Gasteiger partial charge on any atom is -0.383 e. The van der Waals surface area contributed by atoms with Crippen LogP contribution in [0.15, 0.2) is 18.2 Å². The van der Waals surface area contributed by atoms with Crippen LogP contribution in [0.5, 0.6) is 0 Å². The van der Waals surface area contributed by atoms with Crippen LogP contribution in [0.1, 0.15) is 25.8 Å². The second-order valence-corrected chi connectivity index (χ2v) is 3.74. The molecular weight excluding hydrogens is 208 g/mol. The summed E-state index contributed by atoms with van der Waals surface area (Å²) in [5.41, 5.74) is 0.539. The van der Waals surface area contributed by atoms with E-state index in [9.17, 15) is 8.78 Å². The molecule has 0 aliphatic rings. The van der Waals surface area contributed by atoms with Gasteiger partial charge in [0.05, 0.1) is 0 Å². The van der Waals surface area contributed by atoms with Crippen molar-refractivity contribution in [1.82, 2.24) is 0 Å². The lowest BCUT2D eigenvalue weighted by atomic mass is 10.2. The van der Waals surface area contributed by atoms with Crippen LogP contribution < -0.4 is 5.32 Å². The zero-order valence-electron chi connectivity index (χ0n) is 8.02. The van der Waals surface area contributed by atoms with Gasteiger partial charge in [0.15, 0.2) is 0 Å². The lowest BCUT2D eigenvalue weighted by Crippen LogP contribution is -2.09. The summed E-state index contributed by atoms with van der Waals surface area (Å²) in [7, 11) is 0. The molecule has 0 aliphatic carbocycles. The van der Waals surface area contributed by atoms with Crippen molar-refractivity contribution < 1.29 is 8.78 Å². The largest absolute Gasteiger partial charge is 0.383 e. The normalized spacial score (nSPS) is 11.1. The van der Waals surface area contributed by atoms with Crippen LogP contribution in [0.25, 0.3) is 0 Å². The van der Waals surface area contributed by atoms with E-state index in [2.05, 4.69) is 5.32 Å². The number of nitrogens with one attached hydrogen (secondary N) is 1. The summed E-state index contributed by atoms with van der Waals surface area (Å²) < 4.78 is 24.9. The zero-order chi connectivity index (χ0) is 10.7. The van der Waals surface area contributed by atoms with Crippen LogP contribution in [0.4, 0.5) is 14.5 Å². The lowest BCUT2D eigenvalue weighted by Gasteiger charge is -2.12. The van der Waals surface area contributed by atoms with Gasteiger partial charge in [0.1, 0.15) is 0 Å². The molecule has 0 aliphatic heterocycles. The second-order valence-electron chi connectivity index (χ2n) is 3.34. The summed E-state index contributed by atoms with van der Waals surface area (Å²) in [6.45, 7) is 3.88. The van der Waals surface area contributed by atoms with Crippen LogP contribution in [0.2, 0.25) is 5.02 Å². The van der Waals surface area contributed by atoms with Crippen molar-refractivity contribution in [2.45, 2.75) is 26.3 Å². The predicted molar refractivity (Wildman–Crippen MR) is 55.2 cm³/mol. The number of hydrogen-bond donors (Lipinski definition) is 1. The maximum absolute atomic E-state index is 12.4. The lowest BCUT2D eigenvalue weighted by molar-refractivity contribution is 0.151. The van der Waals surface area contributed by atoms with Gasteiger partial charge in [-0.05, 0) is 32.0 Å². The van der Waals surface area contributed by atoms with Crippen LogP contribution in [0, 0.1) is 0 Å². The zero-order valence-corrected chi connectivity index (χ0v) is 8.78. The molecule has 78 valence electrons. The standard InChI is InChI=1S/C10H12ClF2N/c1-6(2)14-7-3-4-9(11)8(5-7)10(12)13/h3-6,10,14H,1-2H3. The Kier molecular flexibility index (Phi) is 3.69. The van der Waals surface area contributed by atoms with Crippen LogP contribution in [-0.2, 0) is 0 Å². The third-order valence-corrected chi connectivity index (χ3v) is 2.03. The molecular formula is C10H12ClF2N. The number of alkyl halides is 2. The SMILES string of the molecule is CC(C)Nc1ccc(Cl)c(C(F)F)c1. The van der Waals surface area contributed by atoms with Gasteiger partial charge >= 0.3 is 0 Å². The van der Waals surface area contributed by atoms with Gasteiger partial charge in [0.2, 0.25) is 0 Å². The second kappa shape index (κ2) is 4.60. The van der Waals surface area contributed by atoms with Gasteiger partial charge < -0.3 is 5.32 Å². The average Bonchev–Trinajstić information content (AvgIpc) is 2.07. The van der Waals surface area contributed by atoms with Crippen molar-refractivity contribution in [2.75, 3.05) is 5.32 Å². The molecule has 1 N–H and O–H groups in total. The molecule has 0 spiro atoms. The molecule has 0 radical (unpaired) electrons. The summed E-state index contributed by atoms with van der Waals surface area (Å²) in [5, 5.41) is 3.14. The molecule has 0 amide bonds. The highest BCUT2D eigenvalue weighted by Crippen LogP contribution is 2.29. The molecule has 0 heterocycles. The van der Waals surface area contributed by atoms with Crippen molar-refractivity contribution >= 4 is 17.3 Å². The molecule has 0 saturated heterocycles. The van der Waals surface area contributed by atoms with Gasteiger partial charge in [0, 0.05) is 22.3 Å². The van der Waals surface area contributed by atoms with E-state index in [0.717, 1.165) is 0 Å². The van der Waals surface area contributed by atoms with Crippen molar-refractivity contribution in [2.24, 2.45) is 0 Å². The van der Waals surface area contributed by atoms with E-state index in [4.69, 9.17) is 11.6 Å². The van der Waals surface area contributed by atoms with Crippen molar-refractivity contribution in [3.05, 3.63) is 28.8 Å². The van der Waals surface area contributed by atoms with E-state index in [1.165, 1.54) is 12.1 Å². The fourth-order valence-corrected chi connectivity index (χ4v) is 1.33. The molecule has 1 aromatic carbocycles. The first kappa shape index (κ1) is 11.2. The number of halogens is 3. The molecule has 1 rings (SSSR count). The molecule has 1 nitrogen and oxygen atoms in total. The number of rotatable bonds is 3. The topological polar surface area (TPSA) is 12.0 Å². The molecule has 1 aromatic rings. The Morgan fingerprint density at radius 2 is 1.93 bits per heavy atom. The molecule has 0 atom stereocenters. The van der Waals surface area contributed by atoms with Gasteiger partial charge in [-0.25, -0.2) is 8.78 Å². The van der Waals surface area contributed by atoms with E-state index >= 15 is 0 Å². The molecule has 0 aromatic heterocycles. The first-order valence-electron chi connectivity index (χ1n) is 4.35. The Morgan fingerprint density at radius 3 is 2.43 bits per heavy atom. The van der Waals surface area contributed by atoms with E-state index in [1.807, 2.05) is 13.8 Å². The van der Waals surface area contributed by atoms with Crippen LogP contribution in [0.3, 0.4) is 0 Å². The van der Waals surface area contributed by atoms with E-state index < -0.39 is 6.43 Å². The molecule has 0 saturated carbocycles. The van der Waals surface area contributed by atoms with Crippen molar-refractivity contribution in [3.63, 3.8) is 0 Å². The Morgan fingerprint density at radius 1 is 1.29 bits per heavy atom. The summed E-state index contributed by atoms with van der Waals surface area (Å²) in [6, 6.07) is 4.76. The quantitative estimate of drug-likeness (QED) is 0.807. The smallest absolute Gasteiger partial charge is 0.265 e. The highest BCUT2D eigenvalue weighted by Gasteiger charge is 2.12. The maximum Gasteiger partial charge on any atom is 0.265 e. The monoisotopic (exact) mass is 219 g/mol. The average molecular weight is 220 g/mol. The Hall–Kier alpha value is -0.830. The molecule has 0 bridgehead atoms. The molecule has 0 fully saturated rings. The van der Waals surface area contributed by atoms with Gasteiger partial charge in [-0.2, -0.15) is 0 Å². The Bertz CT molecular complexity index is 313. The highest BCUT2D eigenvalue weighted by atomic mass is 35.5. The fraction of sp³-hybridized carbons (Fsp3) is 0.400. The fourth-order valence-electron chi connectivity index (χ4n) is 1.13. The minimum absolute atomic E-state index is 0.106. The highest BCUT2D eigenvalue weighted by molar-refractivity contribution is 6.31. The summed E-state index contributed by atoms with van der Waals surface area (Å²) in [5.74, 6) is 0. The number of hydrogen-bond acceptors (Lipinski definition) is 1. The van der Waals surface area contributed by atoms with Gasteiger partial charge in [-0.1, -0.05) is 11.6 Å². The Balaban J connectivity index is 2.94. The third-order valence-electron chi connectivity index (χ3n) is 1.69. The number of anilines is 1. The molecule has 4 heteroatoms. The summed E-state index contributed by atoms with van der Waals surface area (Å²) in [6.07, 6.45) is -2.53. The maximum atomic E-state index is 12.4. The number of benzene rings is 1. The van der Waals surface area contributed by atoms with E-state index in [-0.39, 0.29) is 16.6 Å². The molecule has 0 unspecified atom stereocenters. The van der Waals surface area contributed by atoms with Crippen LogP contribution in [-0.4, -0.2) is 6.04 Å². The Labute approximate surface area is 87.1 Å². The van der Waals surface area contributed by atoms with Crippen molar-refractivity contribution in [1.29, 1.82) is 0 Å². The molecule has 14 heavy (non-hydrogen) atoms. The summed E-state index contributed by atoms with van der Waals surface area (Å²) in [4.78, 5) is 0.